The summed E-state index contributed by atoms with van der Waals surface area (Å²) < 4.78 is 27.9. The van der Waals surface area contributed by atoms with Gasteiger partial charge in [-0.1, -0.05) is 19.1 Å². The largest absolute Gasteiger partial charge is 0.307 e. The molecule has 0 heterocycles. The molecule has 0 aliphatic carbocycles. The second-order valence-electron chi connectivity index (χ2n) is 4.34. The second-order valence-corrected chi connectivity index (χ2v) is 6.05. The lowest BCUT2D eigenvalue weighted by atomic mass is 9.98. The Hall–Kier alpha value is -0.780. The summed E-state index contributed by atoms with van der Waals surface area (Å²) in [7, 11) is 0. The van der Waals surface area contributed by atoms with E-state index < -0.39 is 0 Å². The van der Waals surface area contributed by atoms with Gasteiger partial charge in [-0.25, -0.2) is 8.78 Å². The molecular formula is C15H13Br2F2N. The topological polar surface area (TPSA) is 12.0 Å². The number of nitrogens with one attached hydrogen (secondary N) is 1. The van der Waals surface area contributed by atoms with Gasteiger partial charge in [-0.2, -0.15) is 0 Å². The van der Waals surface area contributed by atoms with E-state index >= 15 is 0 Å². The summed E-state index contributed by atoms with van der Waals surface area (Å²) in [4.78, 5) is 0. The van der Waals surface area contributed by atoms with E-state index in [1.165, 1.54) is 12.1 Å². The Morgan fingerprint density at radius 3 is 2.20 bits per heavy atom. The van der Waals surface area contributed by atoms with Crippen LogP contribution in [0, 0.1) is 11.6 Å². The highest BCUT2D eigenvalue weighted by Gasteiger charge is 2.15. The average molecular weight is 405 g/mol. The SMILES string of the molecule is CCNC(c1ccc(Br)c(F)c1)c1ccc(F)c(Br)c1. The molecule has 0 fully saturated rings. The molecule has 1 atom stereocenters. The van der Waals surface area contributed by atoms with Gasteiger partial charge in [-0.05, 0) is 73.8 Å². The van der Waals surface area contributed by atoms with Gasteiger partial charge in [0.15, 0.2) is 0 Å². The van der Waals surface area contributed by atoms with Gasteiger partial charge in [0.25, 0.3) is 0 Å². The zero-order valence-electron chi connectivity index (χ0n) is 10.8. The third kappa shape index (κ3) is 3.45. The molecule has 0 spiro atoms. The molecule has 1 unspecified atom stereocenters. The van der Waals surface area contributed by atoms with Crippen LogP contribution in [0.4, 0.5) is 8.78 Å². The quantitative estimate of drug-likeness (QED) is 0.739. The molecule has 1 N–H and O–H groups in total. The first-order valence-corrected chi connectivity index (χ1v) is 7.74. The average Bonchev–Trinajstić information content (AvgIpc) is 2.43. The van der Waals surface area contributed by atoms with Crippen LogP contribution < -0.4 is 5.32 Å². The molecule has 0 aliphatic rings. The molecule has 1 nitrogen and oxygen atoms in total. The van der Waals surface area contributed by atoms with Crippen LogP contribution in [0.25, 0.3) is 0 Å². The number of halogens is 4. The summed E-state index contributed by atoms with van der Waals surface area (Å²) in [5.41, 5.74) is 1.67. The summed E-state index contributed by atoms with van der Waals surface area (Å²) in [5, 5.41) is 3.28. The summed E-state index contributed by atoms with van der Waals surface area (Å²) in [6, 6.07) is 9.63. The van der Waals surface area contributed by atoms with E-state index in [0.29, 0.717) is 8.95 Å². The van der Waals surface area contributed by atoms with Gasteiger partial charge in [0.05, 0.1) is 15.0 Å². The normalized spacial score (nSPS) is 12.4. The zero-order chi connectivity index (χ0) is 14.7. The highest BCUT2D eigenvalue weighted by Crippen LogP contribution is 2.28. The maximum absolute atomic E-state index is 13.7. The summed E-state index contributed by atoms with van der Waals surface area (Å²) >= 11 is 6.32. The van der Waals surface area contributed by atoms with Crippen LogP contribution in [-0.2, 0) is 0 Å². The van der Waals surface area contributed by atoms with Crippen LogP contribution in [0.3, 0.4) is 0 Å². The molecule has 5 heteroatoms. The highest BCUT2D eigenvalue weighted by atomic mass is 79.9. The van der Waals surface area contributed by atoms with Gasteiger partial charge < -0.3 is 5.32 Å². The van der Waals surface area contributed by atoms with Crippen LogP contribution in [-0.4, -0.2) is 6.54 Å². The van der Waals surface area contributed by atoms with Crippen molar-refractivity contribution in [2.75, 3.05) is 6.54 Å². The Bertz CT molecular complexity index is 565. The Labute approximate surface area is 133 Å². The lowest BCUT2D eigenvalue weighted by Gasteiger charge is -2.19. The summed E-state index contributed by atoms with van der Waals surface area (Å²) in [5.74, 6) is -0.627. The zero-order valence-corrected chi connectivity index (χ0v) is 13.9. The minimum Gasteiger partial charge on any atom is -0.307 e. The van der Waals surface area contributed by atoms with E-state index in [1.807, 2.05) is 13.0 Å². The lowest BCUT2D eigenvalue weighted by molar-refractivity contribution is 0.594. The molecule has 0 saturated carbocycles. The molecule has 106 valence electrons. The van der Waals surface area contributed by atoms with E-state index in [4.69, 9.17) is 0 Å². The molecular weight excluding hydrogens is 392 g/mol. The van der Waals surface area contributed by atoms with Gasteiger partial charge in [0.2, 0.25) is 0 Å². The van der Waals surface area contributed by atoms with Crippen molar-refractivity contribution in [3.8, 4) is 0 Å². The minimum atomic E-state index is -0.314. The van der Waals surface area contributed by atoms with E-state index in [-0.39, 0.29) is 17.7 Å². The first-order chi connectivity index (χ1) is 9.52. The minimum absolute atomic E-state index is 0.181. The number of rotatable bonds is 4. The molecule has 0 bridgehead atoms. The van der Waals surface area contributed by atoms with Crippen LogP contribution in [0.1, 0.15) is 24.1 Å². The predicted octanol–water partition coefficient (Wildman–Crippen LogP) is 5.19. The van der Waals surface area contributed by atoms with Crippen LogP contribution >= 0.6 is 31.9 Å². The van der Waals surface area contributed by atoms with Gasteiger partial charge in [0, 0.05) is 0 Å². The molecule has 0 aliphatic heterocycles. The predicted molar refractivity (Wildman–Crippen MR) is 83.7 cm³/mol. The molecule has 2 rings (SSSR count). The fraction of sp³-hybridized carbons (Fsp3) is 0.200. The van der Waals surface area contributed by atoms with E-state index in [1.54, 1.807) is 18.2 Å². The highest BCUT2D eigenvalue weighted by molar-refractivity contribution is 9.10. The van der Waals surface area contributed by atoms with Crippen molar-refractivity contribution in [1.29, 1.82) is 0 Å². The van der Waals surface area contributed by atoms with Crippen LogP contribution in [0.2, 0.25) is 0 Å². The molecule has 2 aromatic rings. The van der Waals surface area contributed by atoms with Crippen LogP contribution in [0.5, 0.6) is 0 Å². The Morgan fingerprint density at radius 1 is 0.950 bits per heavy atom. The van der Waals surface area contributed by atoms with Crippen molar-refractivity contribution in [2.45, 2.75) is 13.0 Å². The van der Waals surface area contributed by atoms with Gasteiger partial charge in [-0.3, -0.25) is 0 Å². The molecule has 0 amide bonds. The smallest absolute Gasteiger partial charge is 0.137 e. The van der Waals surface area contributed by atoms with Crippen molar-refractivity contribution in [1.82, 2.24) is 5.32 Å². The van der Waals surface area contributed by atoms with E-state index in [9.17, 15) is 8.78 Å². The Kier molecular flexibility index (Phi) is 5.29. The Balaban J connectivity index is 2.44. The molecule has 0 radical (unpaired) electrons. The monoisotopic (exact) mass is 403 g/mol. The van der Waals surface area contributed by atoms with E-state index in [0.717, 1.165) is 17.7 Å². The van der Waals surface area contributed by atoms with Crippen LogP contribution in [0.15, 0.2) is 45.3 Å². The van der Waals surface area contributed by atoms with Crippen molar-refractivity contribution in [2.24, 2.45) is 0 Å². The molecule has 2 aromatic carbocycles. The maximum atomic E-state index is 13.7. The first kappa shape index (κ1) is 15.6. The molecule has 20 heavy (non-hydrogen) atoms. The van der Waals surface area contributed by atoms with Gasteiger partial charge >= 0.3 is 0 Å². The number of benzene rings is 2. The summed E-state index contributed by atoms with van der Waals surface area (Å²) in [6.45, 7) is 2.69. The first-order valence-electron chi connectivity index (χ1n) is 6.16. The van der Waals surface area contributed by atoms with Crippen molar-refractivity contribution < 1.29 is 8.78 Å². The van der Waals surface area contributed by atoms with E-state index in [2.05, 4.69) is 37.2 Å². The second kappa shape index (κ2) is 6.78. The fourth-order valence-electron chi connectivity index (χ4n) is 2.02. The fourth-order valence-corrected chi connectivity index (χ4v) is 2.66. The third-order valence-corrected chi connectivity index (χ3v) is 4.21. The van der Waals surface area contributed by atoms with Crippen molar-refractivity contribution in [3.05, 3.63) is 68.1 Å². The number of hydrogen-bond acceptors (Lipinski definition) is 1. The number of hydrogen-bond donors (Lipinski definition) is 1. The summed E-state index contributed by atoms with van der Waals surface area (Å²) in [6.07, 6.45) is 0. The standard InChI is InChI=1S/C15H13Br2F2N/c1-2-20-15(9-4-6-13(18)12(17)7-9)10-3-5-11(16)14(19)8-10/h3-8,15,20H,2H2,1H3. The van der Waals surface area contributed by atoms with Crippen molar-refractivity contribution >= 4 is 31.9 Å². The van der Waals surface area contributed by atoms with Gasteiger partial charge in [-0.15, -0.1) is 0 Å². The Morgan fingerprint density at radius 2 is 1.60 bits per heavy atom. The maximum Gasteiger partial charge on any atom is 0.137 e. The van der Waals surface area contributed by atoms with Gasteiger partial charge in [0.1, 0.15) is 11.6 Å². The van der Waals surface area contributed by atoms with Crippen molar-refractivity contribution in [3.63, 3.8) is 0 Å². The molecule has 0 saturated heterocycles. The molecule has 0 aromatic heterocycles. The lowest BCUT2D eigenvalue weighted by Crippen LogP contribution is -2.22. The third-order valence-electron chi connectivity index (χ3n) is 2.96.